The van der Waals surface area contributed by atoms with Crippen LogP contribution < -0.4 is 5.32 Å². The van der Waals surface area contributed by atoms with E-state index in [-0.39, 0.29) is 12.1 Å². The number of amides is 2. The van der Waals surface area contributed by atoms with Gasteiger partial charge in [-0.1, -0.05) is 73.6 Å². The third-order valence-electron chi connectivity index (χ3n) is 7.83. The first-order valence-electron chi connectivity index (χ1n) is 13.8. The molecular formula is C32H40N2O5. The summed E-state index contributed by atoms with van der Waals surface area (Å²) in [6, 6.07) is 17.4. The van der Waals surface area contributed by atoms with Gasteiger partial charge in [0.1, 0.15) is 11.1 Å². The Balaban J connectivity index is 1.48. The molecule has 1 aliphatic carbocycles. The Labute approximate surface area is 231 Å². The van der Waals surface area contributed by atoms with Crippen LogP contribution in [0.4, 0.5) is 9.59 Å². The molecule has 2 aliphatic rings. The predicted molar refractivity (Wildman–Crippen MR) is 150 cm³/mol. The van der Waals surface area contributed by atoms with Crippen molar-refractivity contribution in [1.82, 2.24) is 10.2 Å². The van der Waals surface area contributed by atoms with Crippen molar-refractivity contribution >= 4 is 12.2 Å². The van der Waals surface area contributed by atoms with Crippen molar-refractivity contribution in [2.24, 2.45) is 0 Å². The summed E-state index contributed by atoms with van der Waals surface area (Å²) in [6.07, 6.45) is 4.83. The Kier molecular flexibility index (Phi) is 8.56. The van der Waals surface area contributed by atoms with Gasteiger partial charge in [0.25, 0.3) is 0 Å². The molecule has 0 bridgehead atoms. The summed E-state index contributed by atoms with van der Waals surface area (Å²) in [5, 5.41) is 13.6. The third-order valence-corrected chi connectivity index (χ3v) is 7.83. The molecule has 1 saturated heterocycles. The van der Waals surface area contributed by atoms with Gasteiger partial charge < -0.3 is 24.8 Å². The van der Waals surface area contributed by atoms with Crippen LogP contribution in [0.5, 0.6) is 0 Å². The standard InChI is InChI=1S/C32H40N2O5/c1-24(34-22-21-32(39-29(34)36,23-30(2,3)37)27-11-7-5-8-12-27)26-15-13-25(14-16-26)17-20-31(33-28(35)38-4)18-9-6-10-19-31/h5,7-8,11-16,24,37H,6,9-10,18-19,21-23H2,1-4H3,(H,33,35). The van der Waals surface area contributed by atoms with Crippen LogP contribution in [-0.4, -0.2) is 47.0 Å². The quantitative estimate of drug-likeness (QED) is 0.442. The molecule has 2 atom stereocenters. The van der Waals surface area contributed by atoms with Gasteiger partial charge in [-0.2, -0.15) is 0 Å². The highest BCUT2D eigenvalue weighted by atomic mass is 16.6. The minimum atomic E-state index is -0.997. The Morgan fingerprint density at radius 2 is 1.77 bits per heavy atom. The fourth-order valence-electron chi connectivity index (χ4n) is 5.79. The van der Waals surface area contributed by atoms with E-state index in [0.29, 0.717) is 19.4 Å². The van der Waals surface area contributed by atoms with Gasteiger partial charge in [-0.25, -0.2) is 9.59 Å². The average molecular weight is 533 g/mol. The number of carbonyl (C=O) groups excluding carboxylic acids is 2. The number of ether oxygens (including phenoxy) is 2. The van der Waals surface area contributed by atoms with Gasteiger partial charge in [-0.3, -0.25) is 0 Å². The molecule has 4 rings (SSSR count). The lowest BCUT2D eigenvalue weighted by Gasteiger charge is -2.45. The molecule has 1 saturated carbocycles. The number of hydrogen-bond acceptors (Lipinski definition) is 5. The van der Waals surface area contributed by atoms with Crippen LogP contribution in [0.25, 0.3) is 0 Å². The molecule has 2 aromatic carbocycles. The van der Waals surface area contributed by atoms with E-state index in [9.17, 15) is 14.7 Å². The van der Waals surface area contributed by atoms with Crippen LogP contribution in [-0.2, 0) is 15.1 Å². The van der Waals surface area contributed by atoms with Crippen LogP contribution in [0.2, 0.25) is 0 Å². The lowest BCUT2D eigenvalue weighted by Crippen LogP contribution is -2.51. The summed E-state index contributed by atoms with van der Waals surface area (Å²) in [5.74, 6) is 6.55. The van der Waals surface area contributed by atoms with E-state index in [1.54, 1.807) is 18.7 Å². The summed E-state index contributed by atoms with van der Waals surface area (Å²) in [4.78, 5) is 27.0. The van der Waals surface area contributed by atoms with Crippen molar-refractivity contribution in [1.29, 1.82) is 0 Å². The normalized spacial score (nSPS) is 21.7. The zero-order chi connectivity index (χ0) is 28.1. The van der Waals surface area contributed by atoms with E-state index in [0.717, 1.165) is 48.8 Å². The number of nitrogens with zero attached hydrogens (tertiary/aromatic N) is 1. The molecule has 39 heavy (non-hydrogen) atoms. The number of cyclic esters (lactones) is 1. The fraction of sp³-hybridized carbons (Fsp3) is 0.500. The van der Waals surface area contributed by atoms with E-state index in [1.807, 2.05) is 61.5 Å². The SMILES string of the molecule is COC(=O)NC1(C#Cc2ccc(C(C)N3CCC(CC(C)(C)O)(c4ccccc4)OC3=O)cc2)CCCCC1. The van der Waals surface area contributed by atoms with Crippen LogP contribution in [0.15, 0.2) is 54.6 Å². The molecule has 0 aromatic heterocycles. The zero-order valence-corrected chi connectivity index (χ0v) is 23.5. The van der Waals surface area contributed by atoms with Crippen LogP contribution in [0, 0.1) is 11.8 Å². The van der Waals surface area contributed by atoms with Crippen molar-refractivity contribution in [3.05, 3.63) is 71.3 Å². The van der Waals surface area contributed by atoms with Crippen molar-refractivity contribution in [3.63, 3.8) is 0 Å². The predicted octanol–water partition coefficient (Wildman–Crippen LogP) is 6.06. The summed E-state index contributed by atoms with van der Waals surface area (Å²) in [5.41, 5.74) is 0.282. The number of aliphatic hydroxyl groups is 1. The molecule has 2 amide bonds. The Bertz CT molecular complexity index is 1200. The van der Waals surface area contributed by atoms with Gasteiger partial charge in [0.05, 0.1) is 18.8 Å². The van der Waals surface area contributed by atoms with Crippen LogP contribution in [0.3, 0.4) is 0 Å². The highest BCUT2D eigenvalue weighted by Gasteiger charge is 2.46. The molecule has 2 aromatic rings. The monoisotopic (exact) mass is 532 g/mol. The summed E-state index contributed by atoms with van der Waals surface area (Å²) in [6.45, 7) is 5.98. The average Bonchev–Trinajstić information content (AvgIpc) is 2.92. The number of carbonyl (C=O) groups is 2. The Morgan fingerprint density at radius 3 is 2.36 bits per heavy atom. The van der Waals surface area contributed by atoms with Gasteiger partial charge in [0.15, 0.2) is 0 Å². The second-order valence-electron chi connectivity index (χ2n) is 11.5. The molecular weight excluding hydrogens is 492 g/mol. The van der Waals surface area contributed by atoms with E-state index in [1.165, 1.54) is 7.11 Å². The first-order valence-corrected chi connectivity index (χ1v) is 13.8. The first kappa shape index (κ1) is 28.5. The minimum Gasteiger partial charge on any atom is -0.453 e. The maximum absolute atomic E-state index is 13.3. The molecule has 1 aliphatic heterocycles. The summed E-state index contributed by atoms with van der Waals surface area (Å²) < 4.78 is 11.0. The van der Waals surface area contributed by atoms with E-state index < -0.39 is 22.8 Å². The molecule has 2 N–H and O–H groups in total. The lowest BCUT2D eigenvalue weighted by atomic mass is 9.80. The van der Waals surface area contributed by atoms with Crippen molar-refractivity contribution in [3.8, 4) is 11.8 Å². The molecule has 7 heteroatoms. The van der Waals surface area contributed by atoms with Crippen molar-refractivity contribution < 1.29 is 24.2 Å². The van der Waals surface area contributed by atoms with E-state index >= 15 is 0 Å². The number of alkyl carbamates (subject to hydrolysis) is 1. The molecule has 1 heterocycles. The zero-order valence-electron chi connectivity index (χ0n) is 23.5. The molecule has 0 spiro atoms. The van der Waals surface area contributed by atoms with Gasteiger partial charge in [-0.15, -0.1) is 0 Å². The smallest absolute Gasteiger partial charge is 0.411 e. The minimum absolute atomic E-state index is 0.193. The summed E-state index contributed by atoms with van der Waals surface area (Å²) in [7, 11) is 1.37. The Morgan fingerprint density at radius 1 is 1.10 bits per heavy atom. The van der Waals surface area contributed by atoms with Crippen LogP contribution in [0.1, 0.15) is 88.4 Å². The maximum atomic E-state index is 13.3. The number of rotatable bonds is 6. The molecule has 7 nitrogen and oxygen atoms in total. The third kappa shape index (κ3) is 6.93. The van der Waals surface area contributed by atoms with Gasteiger partial charge in [0, 0.05) is 24.9 Å². The van der Waals surface area contributed by atoms with Gasteiger partial charge >= 0.3 is 12.2 Å². The van der Waals surface area contributed by atoms with E-state index in [4.69, 9.17) is 9.47 Å². The first-order chi connectivity index (χ1) is 18.5. The van der Waals surface area contributed by atoms with Gasteiger partial charge in [0.2, 0.25) is 0 Å². The number of hydrogen-bond donors (Lipinski definition) is 2. The Hall–Kier alpha value is -3.50. The van der Waals surface area contributed by atoms with E-state index in [2.05, 4.69) is 17.2 Å². The fourth-order valence-corrected chi connectivity index (χ4v) is 5.79. The molecule has 0 radical (unpaired) electrons. The second kappa shape index (κ2) is 11.7. The lowest BCUT2D eigenvalue weighted by molar-refractivity contribution is -0.101. The highest BCUT2D eigenvalue weighted by molar-refractivity contribution is 5.70. The number of nitrogens with one attached hydrogen (secondary N) is 1. The largest absolute Gasteiger partial charge is 0.453 e. The number of benzene rings is 2. The van der Waals surface area contributed by atoms with Crippen molar-refractivity contribution in [2.75, 3.05) is 13.7 Å². The number of methoxy groups -OCH3 is 1. The molecule has 2 fully saturated rings. The molecule has 2 unspecified atom stereocenters. The van der Waals surface area contributed by atoms with Gasteiger partial charge in [-0.05, 0) is 56.9 Å². The maximum Gasteiger partial charge on any atom is 0.411 e. The second-order valence-corrected chi connectivity index (χ2v) is 11.5. The van der Waals surface area contributed by atoms with Crippen LogP contribution >= 0.6 is 0 Å². The highest BCUT2D eigenvalue weighted by Crippen LogP contribution is 2.42. The van der Waals surface area contributed by atoms with Crippen molar-refractivity contribution in [2.45, 2.75) is 88.5 Å². The molecule has 208 valence electrons. The summed E-state index contributed by atoms with van der Waals surface area (Å²) >= 11 is 0. The topological polar surface area (TPSA) is 88.1 Å².